The van der Waals surface area contributed by atoms with Gasteiger partial charge in [-0.15, -0.1) is 24.0 Å². The summed E-state index contributed by atoms with van der Waals surface area (Å²) in [6, 6.07) is 4.28. The van der Waals surface area contributed by atoms with E-state index in [1.165, 1.54) is 0 Å². The van der Waals surface area contributed by atoms with Gasteiger partial charge in [0.05, 0.1) is 12.2 Å². The lowest BCUT2D eigenvalue weighted by Gasteiger charge is -2.31. The molecule has 1 aliphatic carbocycles. The fourth-order valence-electron chi connectivity index (χ4n) is 3.17. The third kappa shape index (κ3) is 6.45. The molecule has 6 nitrogen and oxygen atoms in total. The molecule has 0 saturated heterocycles. The van der Waals surface area contributed by atoms with Gasteiger partial charge in [0.15, 0.2) is 5.96 Å². The summed E-state index contributed by atoms with van der Waals surface area (Å²) in [5.41, 5.74) is 2.18. The Labute approximate surface area is 167 Å². The van der Waals surface area contributed by atoms with Crippen LogP contribution in [0.15, 0.2) is 23.3 Å². The van der Waals surface area contributed by atoms with E-state index < -0.39 is 0 Å². The van der Waals surface area contributed by atoms with E-state index in [0.717, 1.165) is 42.9 Å². The maximum absolute atomic E-state index is 12.2. The molecule has 1 aromatic rings. The summed E-state index contributed by atoms with van der Waals surface area (Å²) in [5.74, 6) is 1.11. The number of guanidine groups is 1. The third-order valence-corrected chi connectivity index (χ3v) is 4.57. The Hall–Kier alpha value is -1.38. The maximum atomic E-state index is 12.2. The Kier molecular flexibility index (Phi) is 9.16. The van der Waals surface area contributed by atoms with Gasteiger partial charge in [0.25, 0.3) is 0 Å². The Bertz CT molecular complexity index is 591. The SMILES string of the molecule is CN=C(NCc1ncccc1C)NC1CCCC(C(=O)N(C)C)C1.I. The molecule has 25 heavy (non-hydrogen) atoms. The number of hydrogen-bond acceptors (Lipinski definition) is 3. The zero-order valence-electron chi connectivity index (χ0n) is 15.6. The average molecular weight is 459 g/mol. The Balaban J connectivity index is 0.00000312. The maximum Gasteiger partial charge on any atom is 0.225 e. The molecule has 0 aliphatic heterocycles. The van der Waals surface area contributed by atoms with Crippen LogP contribution in [0, 0.1) is 12.8 Å². The van der Waals surface area contributed by atoms with Crippen molar-refractivity contribution in [1.29, 1.82) is 0 Å². The number of amides is 1. The summed E-state index contributed by atoms with van der Waals surface area (Å²) in [6.07, 6.45) is 5.78. The Morgan fingerprint density at radius 1 is 1.40 bits per heavy atom. The lowest BCUT2D eigenvalue weighted by Crippen LogP contribution is -2.46. The average Bonchev–Trinajstić information content (AvgIpc) is 2.59. The van der Waals surface area contributed by atoms with Crippen LogP contribution in [0.2, 0.25) is 0 Å². The van der Waals surface area contributed by atoms with Gasteiger partial charge in [-0.3, -0.25) is 14.8 Å². The highest BCUT2D eigenvalue weighted by atomic mass is 127. The molecule has 0 bridgehead atoms. The monoisotopic (exact) mass is 459 g/mol. The second-order valence-corrected chi connectivity index (χ2v) is 6.63. The molecule has 1 saturated carbocycles. The smallest absolute Gasteiger partial charge is 0.225 e. The number of aromatic nitrogens is 1. The number of carbonyl (C=O) groups excluding carboxylic acids is 1. The molecular weight excluding hydrogens is 429 g/mol. The number of carbonyl (C=O) groups is 1. The minimum atomic E-state index is 0. The molecule has 140 valence electrons. The van der Waals surface area contributed by atoms with Crippen molar-refractivity contribution in [1.82, 2.24) is 20.5 Å². The fraction of sp³-hybridized carbons (Fsp3) is 0.611. The number of rotatable bonds is 4. The summed E-state index contributed by atoms with van der Waals surface area (Å²) >= 11 is 0. The Morgan fingerprint density at radius 2 is 2.16 bits per heavy atom. The zero-order valence-corrected chi connectivity index (χ0v) is 17.9. The number of pyridine rings is 1. The molecule has 0 aromatic carbocycles. The van der Waals surface area contributed by atoms with Crippen molar-refractivity contribution < 1.29 is 4.79 Å². The summed E-state index contributed by atoms with van der Waals surface area (Å²) in [4.78, 5) is 22.6. The molecule has 2 rings (SSSR count). The van der Waals surface area contributed by atoms with Crippen molar-refractivity contribution in [2.45, 2.75) is 45.2 Å². The minimum Gasteiger partial charge on any atom is -0.354 e. The first-order valence-electron chi connectivity index (χ1n) is 8.60. The molecule has 1 aromatic heterocycles. The van der Waals surface area contributed by atoms with Gasteiger partial charge in [-0.25, -0.2) is 0 Å². The summed E-state index contributed by atoms with van der Waals surface area (Å²) < 4.78 is 0. The van der Waals surface area contributed by atoms with Gasteiger partial charge in [-0.1, -0.05) is 12.5 Å². The van der Waals surface area contributed by atoms with Crippen LogP contribution in [0.25, 0.3) is 0 Å². The highest BCUT2D eigenvalue weighted by molar-refractivity contribution is 14.0. The highest BCUT2D eigenvalue weighted by Gasteiger charge is 2.28. The van der Waals surface area contributed by atoms with Crippen LogP contribution < -0.4 is 10.6 Å². The quantitative estimate of drug-likeness (QED) is 0.412. The van der Waals surface area contributed by atoms with Crippen molar-refractivity contribution >= 4 is 35.8 Å². The van der Waals surface area contributed by atoms with E-state index in [1.54, 1.807) is 18.1 Å². The minimum absolute atomic E-state index is 0. The van der Waals surface area contributed by atoms with Crippen LogP contribution in [0.5, 0.6) is 0 Å². The van der Waals surface area contributed by atoms with Crippen LogP contribution in [0.4, 0.5) is 0 Å². The van der Waals surface area contributed by atoms with Crippen molar-refractivity contribution in [3.05, 3.63) is 29.6 Å². The van der Waals surface area contributed by atoms with Crippen molar-refractivity contribution in [3.63, 3.8) is 0 Å². The molecule has 0 spiro atoms. The molecule has 1 fully saturated rings. The molecule has 2 atom stereocenters. The van der Waals surface area contributed by atoms with E-state index in [9.17, 15) is 4.79 Å². The van der Waals surface area contributed by atoms with Gasteiger partial charge in [-0.05, 0) is 37.8 Å². The molecule has 2 unspecified atom stereocenters. The highest BCUT2D eigenvalue weighted by Crippen LogP contribution is 2.25. The van der Waals surface area contributed by atoms with E-state index in [1.807, 2.05) is 20.2 Å². The first kappa shape index (κ1) is 21.7. The predicted molar refractivity (Wildman–Crippen MR) is 112 cm³/mol. The second-order valence-electron chi connectivity index (χ2n) is 6.63. The molecule has 0 radical (unpaired) electrons. The first-order valence-corrected chi connectivity index (χ1v) is 8.60. The van der Waals surface area contributed by atoms with Gasteiger partial charge in [0, 0.05) is 39.3 Å². The van der Waals surface area contributed by atoms with Gasteiger partial charge >= 0.3 is 0 Å². The van der Waals surface area contributed by atoms with E-state index in [4.69, 9.17) is 0 Å². The predicted octanol–water partition coefficient (Wildman–Crippen LogP) is 2.32. The number of aliphatic imine (C=N–C) groups is 1. The molecule has 1 heterocycles. The largest absolute Gasteiger partial charge is 0.354 e. The molecular formula is C18H30IN5O. The van der Waals surface area contributed by atoms with Crippen LogP contribution in [-0.4, -0.2) is 48.9 Å². The number of aryl methyl sites for hydroxylation is 1. The third-order valence-electron chi connectivity index (χ3n) is 4.57. The standard InChI is InChI=1S/C18H29N5O.HI/c1-13-7-6-10-20-16(13)12-21-18(19-2)22-15-9-5-8-14(11-15)17(24)23(3)4;/h6-7,10,14-15H,5,8-9,11-12H2,1-4H3,(H2,19,21,22);1H. The summed E-state index contributed by atoms with van der Waals surface area (Å²) in [7, 11) is 5.43. The first-order chi connectivity index (χ1) is 11.5. The topological polar surface area (TPSA) is 69.6 Å². The Morgan fingerprint density at radius 3 is 2.80 bits per heavy atom. The van der Waals surface area contributed by atoms with Crippen molar-refractivity contribution in [2.24, 2.45) is 10.9 Å². The second kappa shape index (κ2) is 10.6. The van der Waals surface area contributed by atoms with Crippen LogP contribution >= 0.6 is 24.0 Å². The number of hydrogen-bond donors (Lipinski definition) is 2. The van der Waals surface area contributed by atoms with E-state index in [0.29, 0.717) is 6.54 Å². The molecule has 1 amide bonds. The fourth-order valence-corrected chi connectivity index (χ4v) is 3.17. The van der Waals surface area contributed by atoms with Crippen LogP contribution in [0.3, 0.4) is 0 Å². The number of halogens is 1. The summed E-state index contributed by atoms with van der Waals surface area (Å²) in [6.45, 7) is 2.69. The van der Waals surface area contributed by atoms with Crippen molar-refractivity contribution in [3.8, 4) is 0 Å². The number of nitrogens with zero attached hydrogens (tertiary/aromatic N) is 3. The summed E-state index contributed by atoms with van der Waals surface area (Å²) in [5, 5.41) is 6.78. The van der Waals surface area contributed by atoms with Gasteiger partial charge in [0.2, 0.25) is 5.91 Å². The van der Waals surface area contributed by atoms with E-state index in [2.05, 4.69) is 33.6 Å². The normalized spacial score (nSPS) is 20.4. The van der Waals surface area contributed by atoms with Gasteiger partial charge in [0.1, 0.15) is 0 Å². The molecule has 1 aliphatic rings. The van der Waals surface area contributed by atoms with Crippen LogP contribution in [-0.2, 0) is 11.3 Å². The van der Waals surface area contributed by atoms with E-state index in [-0.39, 0.29) is 41.8 Å². The van der Waals surface area contributed by atoms with Crippen molar-refractivity contribution in [2.75, 3.05) is 21.1 Å². The molecule has 2 N–H and O–H groups in total. The number of nitrogens with one attached hydrogen (secondary N) is 2. The van der Waals surface area contributed by atoms with E-state index >= 15 is 0 Å². The van der Waals surface area contributed by atoms with Gasteiger partial charge in [-0.2, -0.15) is 0 Å². The van der Waals surface area contributed by atoms with Gasteiger partial charge < -0.3 is 15.5 Å². The zero-order chi connectivity index (χ0) is 17.5. The van der Waals surface area contributed by atoms with Crippen LogP contribution in [0.1, 0.15) is 36.9 Å². The molecule has 7 heteroatoms. The lowest BCUT2D eigenvalue weighted by molar-refractivity contribution is -0.134. The lowest BCUT2D eigenvalue weighted by atomic mass is 9.85.